The molecule has 0 atom stereocenters. The van der Waals surface area contributed by atoms with Crippen LogP contribution in [0.25, 0.3) is 5.69 Å². The molecule has 2 aromatic rings. The second-order valence-electron chi connectivity index (χ2n) is 5.78. The third-order valence-electron chi connectivity index (χ3n) is 4.37. The Morgan fingerprint density at radius 3 is 2.57 bits per heavy atom. The molecule has 23 heavy (non-hydrogen) atoms. The molecular formula is C16H21N5OS. The molecule has 1 heterocycles. The molecule has 7 heteroatoms. The molecule has 1 saturated carbocycles. The van der Waals surface area contributed by atoms with Crippen LogP contribution in [0.15, 0.2) is 35.1 Å². The van der Waals surface area contributed by atoms with Gasteiger partial charge in [0, 0.05) is 12.6 Å². The van der Waals surface area contributed by atoms with Crippen LogP contribution < -0.4 is 5.69 Å². The lowest BCUT2D eigenvalue weighted by Gasteiger charge is -2.34. The van der Waals surface area contributed by atoms with E-state index in [1.54, 1.807) is 0 Å². The van der Waals surface area contributed by atoms with E-state index < -0.39 is 0 Å². The normalized spacial score (nSPS) is 15.5. The van der Waals surface area contributed by atoms with Gasteiger partial charge in [0.1, 0.15) is 0 Å². The van der Waals surface area contributed by atoms with Crippen molar-refractivity contribution in [1.29, 1.82) is 0 Å². The Morgan fingerprint density at radius 2 is 1.91 bits per heavy atom. The topological polar surface area (TPSA) is 56.0 Å². The van der Waals surface area contributed by atoms with Gasteiger partial charge in [-0.3, -0.25) is 0 Å². The first kappa shape index (κ1) is 15.9. The Morgan fingerprint density at radius 1 is 1.22 bits per heavy atom. The minimum atomic E-state index is -0.324. The largest absolute Gasteiger partial charge is 0.375 e. The summed E-state index contributed by atoms with van der Waals surface area (Å²) >= 11 is 5.55. The van der Waals surface area contributed by atoms with Crippen LogP contribution in [0.3, 0.4) is 0 Å². The number of hydrogen-bond donors (Lipinski definition) is 0. The molecule has 0 unspecified atom stereocenters. The maximum absolute atomic E-state index is 12.6. The van der Waals surface area contributed by atoms with Crippen molar-refractivity contribution in [3.63, 3.8) is 0 Å². The average Bonchev–Trinajstić information content (AvgIpc) is 2.99. The maximum atomic E-state index is 12.6. The minimum Gasteiger partial charge on any atom is -0.345 e. The van der Waals surface area contributed by atoms with Crippen molar-refractivity contribution < 1.29 is 0 Å². The Kier molecular flexibility index (Phi) is 4.85. The van der Waals surface area contributed by atoms with Crippen molar-refractivity contribution in [3.8, 4) is 5.69 Å². The molecule has 0 aliphatic heterocycles. The van der Waals surface area contributed by atoms with Gasteiger partial charge in [0.05, 0.1) is 5.69 Å². The van der Waals surface area contributed by atoms with Gasteiger partial charge in [-0.25, -0.2) is 4.79 Å². The summed E-state index contributed by atoms with van der Waals surface area (Å²) in [5, 5.41) is 8.41. The molecule has 0 radical (unpaired) electrons. The van der Waals surface area contributed by atoms with Gasteiger partial charge >= 0.3 is 5.69 Å². The van der Waals surface area contributed by atoms with Crippen molar-refractivity contribution in [3.05, 3.63) is 40.8 Å². The first-order valence-corrected chi connectivity index (χ1v) is 8.54. The molecule has 0 N–H and O–H groups in total. The van der Waals surface area contributed by atoms with Gasteiger partial charge in [-0.1, -0.05) is 37.5 Å². The monoisotopic (exact) mass is 331 g/mol. The fourth-order valence-electron chi connectivity index (χ4n) is 3.16. The molecule has 0 amide bonds. The van der Waals surface area contributed by atoms with Crippen molar-refractivity contribution >= 4 is 17.3 Å². The maximum Gasteiger partial charge on any atom is 0.375 e. The highest BCUT2D eigenvalue weighted by atomic mass is 32.1. The molecule has 1 aromatic carbocycles. The average molecular weight is 331 g/mol. The lowest BCUT2D eigenvalue weighted by Crippen LogP contribution is -2.46. The zero-order valence-electron chi connectivity index (χ0n) is 13.3. The van der Waals surface area contributed by atoms with E-state index in [9.17, 15) is 4.79 Å². The first-order valence-electron chi connectivity index (χ1n) is 8.13. The van der Waals surface area contributed by atoms with E-state index in [1.807, 2.05) is 30.3 Å². The lowest BCUT2D eigenvalue weighted by atomic mass is 9.94. The summed E-state index contributed by atoms with van der Waals surface area (Å²) in [4.78, 5) is 14.7. The molecule has 122 valence electrons. The van der Waals surface area contributed by atoms with Gasteiger partial charge in [-0.15, -0.1) is 4.68 Å². The molecular weight excluding hydrogens is 310 g/mol. The van der Waals surface area contributed by atoms with Crippen molar-refractivity contribution in [2.45, 2.75) is 45.1 Å². The quantitative estimate of drug-likeness (QED) is 0.807. The third-order valence-corrected chi connectivity index (χ3v) is 4.77. The smallest absolute Gasteiger partial charge is 0.345 e. The van der Waals surface area contributed by atoms with Gasteiger partial charge in [0.2, 0.25) is 5.11 Å². The van der Waals surface area contributed by atoms with Crippen molar-refractivity contribution in [1.82, 2.24) is 24.7 Å². The van der Waals surface area contributed by atoms with Crippen LogP contribution in [0.1, 0.15) is 39.0 Å². The van der Waals surface area contributed by atoms with E-state index in [4.69, 9.17) is 12.2 Å². The van der Waals surface area contributed by atoms with E-state index in [1.165, 1.54) is 28.6 Å². The number of thiocarbonyl (C=S) groups is 1. The molecule has 0 saturated heterocycles. The summed E-state index contributed by atoms with van der Waals surface area (Å²) in [5.41, 5.74) is 0.364. The number of benzene rings is 1. The van der Waals surface area contributed by atoms with E-state index in [0.29, 0.717) is 16.8 Å². The van der Waals surface area contributed by atoms with Crippen LogP contribution in [0.5, 0.6) is 0 Å². The fourth-order valence-corrected chi connectivity index (χ4v) is 3.55. The van der Waals surface area contributed by atoms with Crippen LogP contribution in [0, 0.1) is 0 Å². The van der Waals surface area contributed by atoms with Gasteiger partial charge in [0.25, 0.3) is 0 Å². The molecule has 0 bridgehead atoms. The summed E-state index contributed by atoms with van der Waals surface area (Å²) in [6.07, 6.45) is 5.96. The van der Waals surface area contributed by atoms with Crippen molar-refractivity contribution in [2.24, 2.45) is 0 Å². The third kappa shape index (κ3) is 3.19. The van der Waals surface area contributed by atoms with E-state index in [-0.39, 0.29) is 5.69 Å². The molecule has 1 aliphatic rings. The second-order valence-corrected chi connectivity index (χ2v) is 6.15. The number of aromatic nitrogens is 4. The van der Waals surface area contributed by atoms with Gasteiger partial charge in [-0.05, 0) is 54.5 Å². The lowest BCUT2D eigenvalue weighted by molar-refractivity contribution is 0.248. The van der Waals surface area contributed by atoms with E-state index in [2.05, 4.69) is 22.3 Å². The van der Waals surface area contributed by atoms with Crippen LogP contribution >= 0.6 is 12.2 Å². The highest BCUT2D eigenvalue weighted by Crippen LogP contribution is 2.22. The minimum absolute atomic E-state index is 0.324. The Bertz CT molecular complexity index is 718. The molecule has 6 nitrogen and oxygen atoms in total. The zero-order valence-corrected chi connectivity index (χ0v) is 14.1. The fraction of sp³-hybridized carbons (Fsp3) is 0.500. The highest BCUT2D eigenvalue weighted by Gasteiger charge is 2.25. The molecule has 1 aliphatic carbocycles. The molecule has 1 fully saturated rings. The molecule has 3 rings (SSSR count). The second kappa shape index (κ2) is 7.04. The SMILES string of the molecule is CCN(C(=S)n1nnn(-c2ccccc2)c1=O)C1CCCCC1. The molecule has 0 spiro atoms. The number of nitrogens with zero attached hydrogens (tertiary/aromatic N) is 5. The van der Waals surface area contributed by atoms with Crippen molar-refractivity contribution in [2.75, 3.05) is 6.54 Å². The van der Waals surface area contributed by atoms with E-state index >= 15 is 0 Å². The van der Waals surface area contributed by atoms with Crippen LogP contribution in [0.4, 0.5) is 0 Å². The Balaban J connectivity index is 1.87. The number of para-hydroxylation sites is 1. The Labute approximate surface area is 140 Å². The number of tetrazole rings is 1. The summed E-state index contributed by atoms with van der Waals surface area (Å²) in [6, 6.07) is 9.66. The first-order chi connectivity index (χ1) is 11.2. The summed E-state index contributed by atoms with van der Waals surface area (Å²) in [5.74, 6) is 0. The summed E-state index contributed by atoms with van der Waals surface area (Å²) in [7, 11) is 0. The predicted octanol–water partition coefficient (Wildman–Crippen LogP) is 2.22. The van der Waals surface area contributed by atoms with Crippen LogP contribution in [0.2, 0.25) is 0 Å². The van der Waals surface area contributed by atoms with E-state index in [0.717, 1.165) is 19.4 Å². The van der Waals surface area contributed by atoms with Gasteiger partial charge in [0.15, 0.2) is 0 Å². The number of hydrogen-bond acceptors (Lipinski definition) is 4. The molecule has 1 aromatic heterocycles. The predicted molar refractivity (Wildman–Crippen MR) is 92.9 cm³/mol. The summed E-state index contributed by atoms with van der Waals surface area (Å²) in [6.45, 7) is 2.84. The van der Waals surface area contributed by atoms with Crippen LogP contribution in [-0.4, -0.2) is 42.4 Å². The van der Waals surface area contributed by atoms with Gasteiger partial charge in [-0.2, -0.15) is 4.68 Å². The zero-order chi connectivity index (χ0) is 16.2. The standard InChI is InChI=1S/C16H21N5OS/c1-2-19(13-9-5-3-6-10-13)16(23)21-15(22)20(17-18-21)14-11-7-4-8-12-14/h4,7-8,11-13H,2-3,5-6,9-10H2,1H3. The highest BCUT2D eigenvalue weighted by molar-refractivity contribution is 7.80. The number of rotatable bonds is 3. The van der Waals surface area contributed by atoms with Gasteiger partial charge < -0.3 is 4.90 Å². The van der Waals surface area contributed by atoms with Crippen LogP contribution in [-0.2, 0) is 0 Å². The Hall–Kier alpha value is -2.02. The summed E-state index contributed by atoms with van der Waals surface area (Å²) < 4.78 is 2.52.